The number of fused-ring (bicyclic) bond motifs is 1. The molecule has 0 aliphatic carbocycles. The third-order valence-electron chi connectivity index (χ3n) is 5.75. The SMILES string of the molecule is COC(=O)C(Cc1nc2ccc(Cl)cc2[nH]c1=O)/C(=N\NC(=O)c1ccncc1)C(=O)Nc1ccccc1OC. The number of pyridine rings is 1. The van der Waals surface area contributed by atoms with E-state index in [9.17, 15) is 19.2 Å². The highest BCUT2D eigenvalue weighted by atomic mass is 35.5. The topological polar surface area (TPSA) is 165 Å². The fourth-order valence-electron chi connectivity index (χ4n) is 3.76. The fourth-order valence-corrected chi connectivity index (χ4v) is 3.93. The third-order valence-corrected chi connectivity index (χ3v) is 5.98. The molecule has 13 heteroatoms. The van der Waals surface area contributed by atoms with Gasteiger partial charge in [0.25, 0.3) is 17.4 Å². The first-order valence-corrected chi connectivity index (χ1v) is 12.2. The maximum absolute atomic E-state index is 13.5. The lowest BCUT2D eigenvalue weighted by molar-refractivity contribution is -0.143. The Morgan fingerprint density at radius 1 is 1.07 bits per heavy atom. The summed E-state index contributed by atoms with van der Waals surface area (Å²) in [6, 6.07) is 14.2. The zero-order valence-corrected chi connectivity index (χ0v) is 22.1. The molecular weight excluding hydrogens is 540 g/mol. The smallest absolute Gasteiger partial charge is 0.315 e. The summed E-state index contributed by atoms with van der Waals surface area (Å²) < 4.78 is 10.2. The van der Waals surface area contributed by atoms with Crippen LogP contribution in [0.4, 0.5) is 5.69 Å². The quantitative estimate of drug-likeness (QED) is 0.159. The van der Waals surface area contributed by atoms with Crippen LogP contribution in [0.3, 0.4) is 0 Å². The van der Waals surface area contributed by atoms with Crippen molar-refractivity contribution < 1.29 is 23.9 Å². The molecule has 4 rings (SSSR count). The number of aromatic nitrogens is 3. The van der Waals surface area contributed by atoms with Crippen LogP contribution in [0.2, 0.25) is 5.02 Å². The fraction of sp³-hybridized carbons (Fsp3) is 0.148. The van der Waals surface area contributed by atoms with Crippen LogP contribution in [0.5, 0.6) is 5.75 Å². The lowest BCUT2D eigenvalue weighted by Crippen LogP contribution is -2.39. The van der Waals surface area contributed by atoms with Gasteiger partial charge in [0.2, 0.25) is 0 Å². The molecule has 12 nitrogen and oxygen atoms in total. The Balaban J connectivity index is 1.75. The number of nitrogens with zero attached hydrogens (tertiary/aromatic N) is 3. The number of hydrogen-bond acceptors (Lipinski definition) is 9. The maximum Gasteiger partial charge on any atom is 0.315 e. The zero-order valence-electron chi connectivity index (χ0n) is 21.3. The third kappa shape index (κ3) is 6.48. The molecule has 2 aromatic carbocycles. The van der Waals surface area contributed by atoms with Crippen molar-refractivity contribution in [3.63, 3.8) is 0 Å². The summed E-state index contributed by atoms with van der Waals surface area (Å²) in [6.07, 6.45) is 2.45. The number of carbonyl (C=O) groups is 3. The number of amides is 2. The van der Waals surface area contributed by atoms with Gasteiger partial charge in [-0.15, -0.1) is 0 Å². The summed E-state index contributed by atoms with van der Waals surface area (Å²) in [5.74, 6) is -3.48. The van der Waals surface area contributed by atoms with Crippen LogP contribution in [-0.4, -0.2) is 52.7 Å². The highest BCUT2D eigenvalue weighted by molar-refractivity contribution is 6.46. The molecule has 0 aliphatic rings. The van der Waals surface area contributed by atoms with E-state index in [-0.39, 0.29) is 23.4 Å². The van der Waals surface area contributed by atoms with E-state index in [4.69, 9.17) is 21.1 Å². The number of esters is 1. The van der Waals surface area contributed by atoms with Gasteiger partial charge in [-0.25, -0.2) is 10.4 Å². The van der Waals surface area contributed by atoms with Crippen molar-refractivity contribution in [3.05, 3.63) is 93.6 Å². The summed E-state index contributed by atoms with van der Waals surface area (Å²) in [6.45, 7) is 0. The largest absolute Gasteiger partial charge is 0.495 e. The summed E-state index contributed by atoms with van der Waals surface area (Å²) in [5.41, 5.74) is 2.48. The minimum Gasteiger partial charge on any atom is -0.495 e. The molecule has 2 amide bonds. The number of anilines is 1. The molecule has 0 bridgehead atoms. The summed E-state index contributed by atoms with van der Waals surface area (Å²) in [7, 11) is 2.55. The molecule has 3 N–H and O–H groups in total. The molecule has 2 aromatic heterocycles. The van der Waals surface area contributed by atoms with Crippen molar-refractivity contribution >= 4 is 51.8 Å². The van der Waals surface area contributed by atoms with Crippen molar-refractivity contribution in [1.29, 1.82) is 0 Å². The Kier molecular flexibility index (Phi) is 8.82. The van der Waals surface area contributed by atoms with Gasteiger partial charge < -0.3 is 19.8 Å². The molecule has 0 spiro atoms. The molecule has 40 heavy (non-hydrogen) atoms. The van der Waals surface area contributed by atoms with Crippen LogP contribution < -0.4 is 21.0 Å². The normalized spacial score (nSPS) is 11.9. The Labute approximate surface area is 232 Å². The lowest BCUT2D eigenvalue weighted by Gasteiger charge is -2.18. The highest BCUT2D eigenvalue weighted by Gasteiger charge is 2.33. The number of H-pyrrole nitrogens is 1. The van der Waals surface area contributed by atoms with E-state index in [0.29, 0.717) is 21.8 Å². The van der Waals surface area contributed by atoms with Crippen molar-refractivity contribution in [2.24, 2.45) is 11.0 Å². The highest BCUT2D eigenvalue weighted by Crippen LogP contribution is 2.24. The average molecular weight is 563 g/mol. The van der Waals surface area contributed by atoms with E-state index in [0.717, 1.165) is 7.11 Å². The summed E-state index contributed by atoms with van der Waals surface area (Å²) in [4.78, 5) is 62.9. The number of halogens is 1. The number of hydrogen-bond donors (Lipinski definition) is 3. The van der Waals surface area contributed by atoms with E-state index < -0.39 is 35.0 Å². The Bertz CT molecular complexity index is 1660. The monoisotopic (exact) mass is 562 g/mol. The molecule has 0 fully saturated rings. The molecule has 204 valence electrons. The zero-order chi connectivity index (χ0) is 28.6. The first kappa shape index (κ1) is 27.9. The molecular formula is C27H23ClN6O6. The summed E-state index contributed by atoms with van der Waals surface area (Å²) in [5, 5.41) is 7.04. The van der Waals surface area contributed by atoms with Gasteiger partial charge in [0, 0.05) is 29.4 Å². The number of methoxy groups -OCH3 is 2. The first-order chi connectivity index (χ1) is 19.3. The van der Waals surface area contributed by atoms with Crippen molar-refractivity contribution in [1.82, 2.24) is 20.4 Å². The number of aromatic amines is 1. The minimum absolute atomic E-state index is 0.0662. The van der Waals surface area contributed by atoms with E-state index in [1.807, 2.05) is 0 Å². The molecule has 4 aromatic rings. The molecule has 1 unspecified atom stereocenters. The van der Waals surface area contributed by atoms with Gasteiger partial charge in [-0.3, -0.25) is 24.2 Å². The average Bonchev–Trinajstić information content (AvgIpc) is 2.97. The van der Waals surface area contributed by atoms with Crippen LogP contribution in [0.15, 0.2) is 76.9 Å². The van der Waals surface area contributed by atoms with Gasteiger partial charge in [0.05, 0.1) is 30.9 Å². The van der Waals surface area contributed by atoms with E-state index >= 15 is 0 Å². The van der Waals surface area contributed by atoms with E-state index in [1.54, 1.807) is 36.4 Å². The van der Waals surface area contributed by atoms with Gasteiger partial charge in [-0.1, -0.05) is 23.7 Å². The van der Waals surface area contributed by atoms with E-state index in [2.05, 4.69) is 30.8 Å². The van der Waals surface area contributed by atoms with Crippen LogP contribution in [0.25, 0.3) is 11.0 Å². The predicted octanol–water partition coefficient (Wildman–Crippen LogP) is 2.74. The van der Waals surface area contributed by atoms with Crippen LogP contribution in [-0.2, 0) is 20.7 Å². The van der Waals surface area contributed by atoms with Gasteiger partial charge >= 0.3 is 5.97 Å². The van der Waals surface area contributed by atoms with Crippen molar-refractivity contribution in [2.75, 3.05) is 19.5 Å². The molecule has 0 radical (unpaired) electrons. The molecule has 1 atom stereocenters. The van der Waals surface area contributed by atoms with Crippen LogP contribution in [0.1, 0.15) is 16.1 Å². The molecule has 0 saturated carbocycles. The first-order valence-electron chi connectivity index (χ1n) is 11.8. The Hall–Kier alpha value is -5.10. The predicted molar refractivity (Wildman–Crippen MR) is 147 cm³/mol. The Morgan fingerprint density at radius 3 is 2.55 bits per heavy atom. The molecule has 0 aliphatic heterocycles. The van der Waals surface area contributed by atoms with Gasteiger partial charge in [-0.2, -0.15) is 5.10 Å². The number of ether oxygens (including phenoxy) is 2. The Morgan fingerprint density at radius 2 is 1.82 bits per heavy atom. The minimum atomic E-state index is -1.43. The second-order valence-electron chi connectivity index (χ2n) is 8.28. The standard InChI is InChI=1S/C27H23ClN6O6/c1-39-22-6-4-3-5-19(22)31-26(37)23(33-34-24(35)15-9-11-29-12-10-15)17(27(38)40-2)14-21-25(36)32-20-13-16(28)7-8-18(20)30-21/h3-13,17H,14H2,1-2H3,(H,31,37)(H,32,36)(H,34,35)/b33-23+. The lowest BCUT2D eigenvalue weighted by atomic mass is 9.96. The van der Waals surface area contributed by atoms with E-state index in [1.165, 1.54) is 37.7 Å². The second kappa shape index (κ2) is 12.6. The summed E-state index contributed by atoms with van der Waals surface area (Å²) >= 11 is 6.01. The van der Waals surface area contributed by atoms with Crippen molar-refractivity contribution in [2.45, 2.75) is 6.42 Å². The number of benzene rings is 2. The number of hydrazone groups is 1. The van der Waals surface area contributed by atoms with Crippen LogP contribution >= 0.6 is 11.6 Å². The van der Waals surface area contributed by atoms with Gasteiger partial charge in [0.1, 0.15) is 23.1 Å². The maximum atomic E-state index is 13.5. The van der Waals surface area contributed by atoms with Gasteiger partial charge in [-0.05, 0) is 42.5 Å². The number of nitrogens with one attached hydrogen (secondary N) is 3. The van der Waals surface area contributed by atoms with Crippen molar-refractivity contribution in [3.8, 4) is 5.75 Å². The molecule has 2 heterocycles. The number of rotatable bonds is 9. The van der Waals surface area contributed by atoms with Crippen LogP contribution in [0, 0.1) is 5.92 Å². The number of para-hydroxylation sites is 2. The second-order valence-corrected chi connectivity index (χ2v) is 8.72. The van der Waals surface area contributed by atoms with Gasteiger partial charge in [0.15, 0.2) is 0 Å². The molecule has 0 saturated heterocycles. The number of carbonyl (C=O) groups excluding carboxylic acids is 3.